The first-order valence-electron chi connectivity index (χ1n) is 8.12. The van der Waals surface area contributed by atoms with Crippen molar-refractivity contribution in [1.29, 1.82) is 0 Å². The molecule has 0 aromatic rings. The van der Waals surface area contributed by atoms with E-state index in [1.807, 2.05) is 20.8 Å². The van der Waals surface area contributed by atoms with Gasteiger partial charge in [0, 0.05) is 20.2 Å². The maximum absolute atomic E-state index is 12.4. The van der Waals surface area contributed by atoms with Crippen molar-refractivity contribution >= 4 is 11.7 Å². The van der Waals surface area contributed by atoms with Gasteiger partial charge in [0.1, 0.15) is 6.10 Å². The average Bonchev–Trinajstić information content (AvgIpc) is 3.04. The third-order valence-electron chi connectivity index (χ3n) is 3.40. The molecule has 1 N–H and O–H groups in total. The Morgan fingerprint density at radius 2 is 1.85 bits per heavy atom. The van der Waals surface area contributed by atoms with Crippen LogP contribution in [0.3, 0.4) is 0 Å². The highest BCUT2D eigenvalue weighted by molar-refractivity contribution is 5.90. The minimum Gasteiger partial charge on any atom is -0.362 e. The van der Waals surface area contributed by atoms with Gasteiger partial charge in [-0.1, -0.05) is 27.7 Å². The summed E-state index contributed by atoms with van der Waals surface area (Å²) in [4.78, 5) is 24.4. The van der Waals surface area contributed by atoms with Crippen LogP contribution in [-0.4, -0.2) is 30.4 Å². The molecule has 1 rings (SSSR count). The number of Topliss-reactive ketones (excluding diaryl/α,β-unsaturated/α-hetero) is 1. The van der Waals surface area contributed by atoms with Crippen LogP contribution in [0.4, 0.5) is 0 Å². The second-order valence-corrected chi connectivity index (χ2v) is 6.54. The fourth-order valence-electron chi connectivity index (χ4n) is 2.17. The highest BCUT2D eigenvalue weighted by Gasteiger charge is 2.41. The van der Waals surface area contributed by atoms with Gasteiger partial charge in [0.15, 0.2) is 5.78 Å². The Bertz CT molecular complexity index is 384. The summed E-state index contributed by atoms with van der Waals surface area (Å²) in [5.41, 5.74) is 0. The van der Waals surface area contributed by atoms with Crippen LogP contribution >= 0.6 is 0 Å². The van der Waals surface area contributed by atoms with Crippen molar-refractivity contribution in [3.8, 4) is 0 Å². The number of nitrogens with one attached hydrogen (secondary N) is 1. The molecule has 0 aliphatic carbocycles. The molecule has 0 aromatic heterocycles. The second-order valence-electron chi connectivity index (χ2n) is 6.54. The lowest BCUT2D eigenvalue weighted by molar-refractivity contribution is -0.130. The zero-order chi connectivity index (χ0) is 16.2. The Morgan fingerprint density at radius 1 is 1.25 bits per heavy atom. The summed E-state index contributed by atoms with van der Waals surface area (Å²) in [5.74, 6) is -1.16. The van der Waals surface area contributed by atoms with Crippen LogP contribution in [0, 0.1) is 17.7 Å². The molecule has 0 saturated carbocycles. The first-order chi connectivity index (χ1) is 9.65. The van der Waals surface area contributed by atoms with Gasteiger partial charge in [-0.25, -0.2) is 0 Å². The lowest BCUT2D eigenvalue weighted by Crippen LogP contribution is -2.34. The summed E-state index contributed by atoms with van der Waals surface area (Å²) in [5, 5.41) is 2.82. The molecule has 0 radical (unpaired) electrons. The first kappa shape index (κ1) is 15.5. The maximum atomic E-state index is 12.4. The first-order valence-corrected chi connectivity index (χ1v) is 7.62. The molecule has 0 aromatic carbocycles. The van der Waals surface area contributed by atoms with E-state index < -0.39 is 12.0 Å². The number of ketones is 1. The van der Waals surface area contributed by atoms with Crippen LogP contribution in [0.25, 0.3) is 0 Å². The summed E-state index contributed by atoms with van der Waals surface area (Å²) < 4.78 is 13.6. The smallest absolute Gasteiger partial charge is 0.223 e. The van der Waals surface area contributed by atoms with Gasteiger partial charge < -0.3 is 10.1 Å². The van der Waals surface area contributed by atoms with Crippen molar-refractivity contribution in [3.05, 3.63) is 0 Å². The van der Waals surface area contributed by atoms with Crippen molar-refractivity contribution in [3.63, 3.8) is 0 Å². The van der Waals surface area contributed by atoms with Crippen LogP contribution in [0.1, 0.15) is 55.3 Å². The van der Waals surface area contributed by atoms with E-state index in [4.69, 9.17) is 6.11 Å². The van der Waals surface area contributed by atoms with E-state index in [9.17, 15) is 9.59 Å². The van der Waals surface area contributed by atoms with Gasteiger partial charge in [-0.05, 0) is 31.6 Å². The zero-order valence-corrected chi connectivity index (χ0v) is 13.4. The van der Waals surface area contributed by atoms with Gasteiger partial charge in [-0.15, -0.1) is 0 Å². The van der Waals surface area contributed by atoms with E-state index in [1.54, 1.807) is 0 Å². The van der Waals surface area contributed by atoms with E-state index >= 15 is 0 Å². The Kier molecular flexibility index (Phi) is 6.02. The Balaban J connectivity index is 2.63. The summed E-state index contributed by atoms with van der Waals surface area (Å²) in [6, 6.07) is 0. The number of hydrogen-bond donors (Lipinski definition) is 1. The largest absolute Gasteiger partial charge is 0.362 e. The van der Waals surface area contributed by atoms with Gasteiger partial charge >= 0.3 is 0 Å². The molecule has 1 amide bonds. The van der Waals surface area contributed by atoms with E-state index in [2.05, 4.69) is 19.2 Å². The Hall–Kier alpha value is -0.900. The van der Waals surface area contributed by atoms with E-state index in [1.165, 1.54) is 0 Å². The monoisotopic (exact) mass is 284 g/mol. The van der Waals surface area contributed by atoms with E-state index in [0.717, 1.165) is 6.42 Å². The number of hydrogen-bond acceptors (Lipinski definition) is 3. The quantitative estimate of drug-likeness (QED) is 0.662. The molecule has 0 spiro atoms. The molecule has 0 bridgehead atoms. The minimum atomic E-state index is -1.38. The van der Waals surface area contributed by atoms with Crippen LogP contribution in [0.15, 0.2) is 0 Å². The van der Waals surface area contributed by atoms with Gasteiger partial charge in [0.2, 0.25) is 5.91 Å². The minimum absolute atomic E-state index is 0.0618. The highest BCUT2D eigenvalue weighted by atomic mass is 16.6. The number of epoxide rings is 1. The summed E-state index contributed by atoms with van der Waals surface area (Å²) in [7, 11) is 0. The molecule has 1 fully saturated rings. The highest BCUT2D eigenvalue weighted by Crippen LogP contribution is 2.26. The predicted molar refractivity (Wildman–Crippen MR) is 79.4 cm³/mol. The van der Waals surface area contributed by atoms with E-state index in [-0.39, 0.29) is 30.1 Å². The molecule has 1 saturated heterocycles. The van der Waals surface area contributed by atoms with Crippen LogP contribution < -0.4 is 5.32 Å². The number of rotatable bonds is 9. The predicted octanol–water partition coefficient (Wildman–Crippen LogP) is 2.56. The van der Waals surface area contributed by atoms with Crippen molar-refractivity contribution in [2.75, 3.05) is 6.54 Å². The fraction of sp³-hybridized carbons (Fsp3) is 0.875. The van der Waals surface area contributed by atoms with Crippen molar-refractivity contribution in [1.82, 2.24) is 5.32 Å². The summed E-state index contributed by atoms with van der Waals surface area (Å²) in [6.07, 6.45) is 0.719. The number of carbonyl (C=O) groups is 2. The molecule has 20 heavy (non-hydrogen) atoms. The standard InChI is InChI=1S/C16H29NO3/c1-10(2)6-7-17-16(19)13(8-11(3)4)9-14(18)15-12(5)20-15/h10-13,15H,6-9H2,1-5H3,(H,17,19)/t12?,13-,15-/m0/s1/i13D. The summed E-state index contributed by atoms with van der Waals surface area (Å²) in [6.45, 7) is 10.5. The van der Waals surface area contributed by atoms with Gasteiger partial charge in [-0.2, -0.15) is 0 Å². The topological polar surface area (TPSA) is 58.7 Å². The molecule has 116 valence electrons. The fourth-order valence-corrected chi connectivity index (χ4v) is 2.17. The van der Waals surface area contributed by atoms with Crippen molar-refractivity contribution < 1.29 is 15.7 Å². The molecule has 4 heteroatoms. The SMILES string of the molecule is [2H][C@@](CC(=O)[C@H]1OC1C)(CC(C)C)C(=O)NCCC(C)C. The van der Waals surface area contributed by atoms with Gasteiger partial charge in [0.05, 0.1) is 6.10 Å². The normalized spacial score (nSPS) is 25.2. The lowest BCUT2D eigenvalue weighted by atomic mass is 9.90. The molecule has 1 aliphatic rings. The lowest BCUT2D eigenvalue weighted by Gasteiger charge is -2.18. The zero-order valence-electron chi connectivity index (χ0n) is 14.4. The average molecular weight is 284 g/mol. The van der Waals surface area contributed by atoms with Gasteiger partial charge in [-0.3, -0.25) is 9.59 Å². The number of ether oxygens (including phenoxy) is 1. The second kappa shape index (κ2) is 7.77. The van der Waals surface area contributed by atoms with Crippen molar-refractivity contribution in [2.24, 2.45) is 17.7 Å². The molecule has 1 heterocycles. The molecule has 1 aliphatic heterocycles. The number of carbonyl (C=O) groups excluding carboxylic acids is 2. The third-order valence-corrected chi connectivity index (χ3v) is 3.40. The molecular formula is C16H29NO3. The Labute approximate surface area is 124 Å². The third kappa shape index (κ3) is 6.04. The Morgan fingerprint density at radius 3 is 2.30 bits per heavy atom. The molecule has 4 nitrogen and oxygen atoms in total. The number of amides is 1. The van der Waals surface area contributed by atoms with Crippen LogP contribution in [0.2, 0.25) is 0 Å². The molecule has 3 atom stereocenters. The molecule has 1 unspecified atom stereocenters. The van der Waals surface area contributed by atoms with Crippen molar-refractivity contribution in [2.45, 2.75) is 66.1 Å². The van der Waals surface area contributed by atoms with Crippen LogP contribution in [0.5, 0.6) is 0 Å². The maximum Gasteiger partial charge on any atom is 0.223 e. The molecular weight excluding hydrogens is 254 g/mol. The summed E-state index contributed by atoms with van der Waals surface area (Å²) >= 11 is 0. The van der Waals surface area contributed by atoms with E-state index in [0.29, 0.717) is 18.9 Å². The van der Waals surface area contributed by atoms with Gasteiger partial charge in [0.25, 0.3) is 0 Å². The van der Waals surface area contributed by atoms with Crippen LogP contribution in [-0.2, 0) is 14.3 Å².